The summed E-state index contributed by atoms with van der Waals surface area (Å²) in [6, 6.07) is 13.2. The Bertz CT molecular complexity index is 1290. The number of para-hydroxylation sites is 2. The summed E-state index contributed by atoms with van der Waals surface area (Å²) in [7, 11) is 0. The van der Waals surface area contributed by atoms with Gasteiger partial charge in [0.15, 0.2) is 5.82 Å². The van der Waals surface area contributed by atoms with Crippen LogP contribution >= 0.6 is 15.9 Å². The van der Waals surface area contributed by atoms with Crippen LogP contribution in [0.3, 0.4) is 0 Å². The Morgan fingerprint density at radius 2 is 2.03 bits per heavy atom. The number of anilines is 1. The fourth-order valence-corrected chi connectivity index (χ4v) is 4.57. The van der Waals surface area contributed by atoms with Gasteiger partial charge < -0.3 is 10.3 Å². The minimum atomic E-state index is -0.449. The number of hydrogen-bond acceptors (Lipinski definition) is 4. The normalized spacial score (nSPS) is 17.6. The molecule has 8 nitrogen and oxygen atoms in total. The molecule has 2 atom stereocenters. The van der Waals surface area contributed by atoms with Crippen LogP contribution in [0.25, 0.3) is 21.9 Å². The van der Waals surface area contributed by atoms with Crippen molar-refractivity contribution >= 4 is 55.5 Å². The zero-order valence-electron chi connectivity index (χ0n) is 17.7. The lowest BCUT2D eigenvalue weighted by atomic mass is 10.0. The lowest BCUT2D eigenvalue weighted by Crippen LogP contribution is -2.38. The van der Waals surface area contributed by atoms with Gasteiger partial charge >= 0.3 is 0 Å². The molecule has 2 aromatic carbocycles. The molecular weight excluding hydrogens is 472 g/mol. The number of amides is 2. The van der Waals surface area contributed by atoms with Crippen LogP contribution in [0.5, 0.6) is 0 Å². The SMILES string of the molecule is CC(C)[C@H](NC(=O)C1CC(=O)N(c2n[nH]c3cc(Br)ccc23)C1)c1nc2ccccc2[nH]1. The van der Waals surface area contributed by atoms with E-state index in [2.05, 4.69) is 41.4 Å². The monoisotopic (exact) mass is 494 g/mol. The Kier molecular flexibility index (Phi) is 5.21. The summed E-state index contributed by atoms with van der Waals surface area (Å²) in [5, 5.41) is 11.3. The van der Waals surface area contributed by atoms with E-state index in [4.69, 9.17) is 0 Å². The molecule has 1 unspecified atom stereocenters. The van der Waals surface area contributed by atoms with Gasteiger partial charge in [0.2, 0.25) is 11.8 Å². The van der Waals surface area contributed by atoms with Crippen LogP contribution < -0.4 is 10.2 Å². The third-order valence-corrected chi connectivity index (χ3v) is 6.42. The average molecular weight is 495 g/mol. The number of H-pyrrole nitrogens is 2. The highest BCUT2D eigenvalue weighted by Crippen LogP contribution is 2.32. The van der Waals surface area contributed by atoms with Crippen molar-refractivity contribution in [3.8, 4) is 0 Å². The predicted molar refractivity (Wildman–Crippen MR) is 126 cm³/mol. The maximum absolute atomic E-state index is 13.2. The lowest BCUT2D eigenvalue weighted by Gasteiger charge is -2.22. The number of rotatable bonds is 5. The molecule has 1 aliphatic rings. The number of benzene rings is 2. The summed E-state index contributed by atoms with van der Waals surface area (Å²) in [6.45, 7) is 4.38. The van der Waals surface area contributed by atoms with E-state index < -0.39 is 5.92 Å². The number of imidazole rings is 1. The van der Waals surface area contributed by atoms with Crippen molar-refractivity contribution in [2.24, 2.45) is 11.8 Å². The summed E-state index contributed by atoms with van der Waals surface area (Å²) in [5.74, 6) is 0.704. The molecule has 4 aromatic rings. The molecule has 2 aromatic heterocycles. The molecule has 3 heterocycles. The molecule has 9 heteroatoms. The van der Waals surface area contributed by atoms with Crippen molar-refractivity contribution in [1.29, 1.82) is 0 Å². The van der Waals surface area contributed by atoms with Gasteiger partial charge in [-0.05, 0) is 36.2 Å². The van der Waals surface area contributed by atoms with Crippen LogP contribution in [0.15, 0.2) is 46.9 Å². The molecule has 1 saturated heterocycles. The number of aromatic amines is 2. The van der Waals surface area contributed by atoms with Gasteiger partial charge in [0.05, 0.1) is 28.5 Å². The van der Waals surface area contributed by atoms with Gasteiger partial charge in [-0.15, -0.1) is 0 Å². The van der Waals surface area contributed by atoms with E-state index >= 15 is 0 Å². The summed E-state index contributed by atoms with van der Waals surface area (Å²) in [5.41, 5.74) is 2.63. The highest BCUT2D eigenvalue weighted by atomic mass is 79.9. The van der Waals surface area contributed by atoms with Crippen LogP contribution in [-0.4, -0.2) is 38.5 Å². The van der Waals surface area contributed by atoms with Crippen molar-refractivity contribution < 1.29 is 9.59 Å². The van der Waals surface area contributed by atoms with E-state index in [0.29, 0.717) is 12.4 Å². The van der Waals surface area contributed by atoms with Gasteiger partial charge in [0.1, 0.15) is 5.82 Å². The minimum Gasteiger partial charge on any atom is -0.346 e. The smallest absolute Gasteiger partial charge is 0.229 e. The second-order valence-corrected chi connectivity index (χ2v) is 9.43. The van der Waals surface area contributed by atoms with Crippen molar-refractivity contribution in [1.82, 2.24) is 25.5 Å². The Morgan fingerprint density at radius 3 is 2.81 bits per heavy atom. The van der Waals surface area contributed by atoms with Crippen molar-refractivity contribution in [3.05, 3.63) is 52.8 Å². The number of nitrogens with zero attached hydrogens (tertiary/aromatic N) is 3. The number of carbonyl (C=O) groups excluding carboxylic acids is 2. The molecule has 5 rings (SSSR count). The molecule has 1 fully saturated rings. The predicted octanol–water partition coefficient (Wildman–Crippen LogP) is 4.07. The van der Waals surface area contributed by atoms with Crippen molar-refractivity contribution in [2.75, 3.05) is 11.4 Å². The fraction of sp³-hybridized carbons (Fsp3) is 0.304. The number of fused-ring (bicyclic) bond motifs is 2. The van der Waals surface area contributed by atoms with Gasteiger partial charge in [0, 0.05) is 22.8 Å². The quantitative estimate of drug-likeness (QED) is 0.388. The maximum atomic E-state index is 13.2. The first-order valence-corrected chi connectivity index (χ1v) is 11.4. The molecule has 3 N–H and O–H groups in total. The van der Waals surface area contributed by atoms with Gasteiger partial charge in [0.25, 0.3) is 0 Å². The number of halogens is 1. The van der Waals surface area contributed by atoms with Gasteiger partial charge in [-0.2, -0.15) is 5.10 Å². The molecule has 164 valence electrons. The summed E-state index contributed by atoms with van der Waals surface area (Å²) in [4.78, 5) is 35.5. The van der Waals surface area contributed by atoms with Crippen LogP contribution in [0, 0.1) is 11.8 Å². The largest absolute Gasteiger partial charge is 0.346 e. The second-order valence-electron chi connectivity index (χ2n) is 8.51. The highest BCUT2D eigenvalue weighted by molar-refractivity contribution is 9.10. The number of aromatic nitrogens is 4. The van der Waals surface area contributed by atoms with Gasteiger partial charge in [-0.25, -0.2) is 4.98 Å². The highest BCUT2D eigenvalue weighted by Gasteiger charge is 2.38. The number of nitrogens with one attached hydrogen (secondary N) is 3. The Morgan fingerprint density at radius 1 is 1.22 bits per heavy atom. The molecule has 0 saturated carbocycles. The molecule has 0 radical (unpaired) electrons. The standard InChI is InChI=1S/C23H23BrN6O2/c1-12(2)20(21-25-16-5-3-4-6-17(16)26-21)27-23(32)13-9-19(31)30(11-13)22-15-8-7-14(24)10-18(15)28-29-22/h3-8,10,12-13,20H,9,11H2,1-2H3,(H,25,26)(H,27,32)(H,28,29)/t13?,20-/m0/s1. The van der Waals surface area contributed by atoms with Crippen LogP contribution in [0.2, 0.25) is 0 Å². The first-order chi connectivity index (χ1) is 15.4. The van der Waals surface area contributed by atoms with E-state index in [1.165, 1.54) is 0 Å². The molecule has 0 bridgehead atoms. The first-order valence-electron chi connectivity index (χ1n) is 10.6. The molecular formula is C23H23BrN6O2. The van der Waals surface area contributed by atoms with E-state index in [9.17, 15) is 9.59 Å². The molecule has 32 heavy (non-hydrogen) atoms. The third kappa shape index (κ3) is 3.66. The second kappa shape index (κ2) is 8.05. The van der Waals surface area contributed by atoms with E-state index in [-0.39, 0.29) is 30.2 Å². The number of carbonyl (C=O) groups is 2. The first kappa shape index (κ1) is 20.7. The average Bonchev–Trinajstić information content (AvgIpc) is 3.47. The van der Waals surface area contributed by atoms with Crippen LogP contribution in [0.1, 0.15) is 32.1 Å². The minimum absolute atomic E-state index is 0.105. The van der Waals surface area contributed by atoms with E-state index in [0.717, 1.165) is 32.2 Å². The van der Waals surface area contributed by atoms with Crippen molar-refractivity contribution in [3.63, 3.8) is 0 Å². The topological polar surface area (TPSA) is 107 Å². The fourth-order valence-electron chi connectivity index (χ4n) is 4.21. The summed E-state index contributed by atoms with van der Waals surface area (Å²) in [6.07, 6.45) is 0.154. The van der Waals surface area contributed by atoms with Crippen LogP contribution in [-0.2, 0) is 9.59 Å². The zero-order chi connectivity index (χ0) is 22.4. The third-order valence-electron chi connectivity index (χ3n) is 5.92. The van der Waals surface area contributed by atoms with E-state index in [1.54, 1.807) is 4.90 Å². The van der Waals surface area contributed by atoms with Gasteiger partial charge in [-0.3, -0.25) is 19.6 Å². The van der Waals surface area contributed by atoms with Gasteiger partial charge in [-0.1, -0.05) is 41.9 Å². The van der Waals surface area contributed by atoms with Crippen LogP contribution in [0.4, 0.5) is 5.82 Å². The Hall–Kier alpha value is -3.20. The van der Waals surface area contributed by atoms with Crippen molar-refractivity contribution in [2.45, 2.75) is 26.3 Å². The maximum Gasteiger partial charge on any atom is 0.229 e. The van der Waals surface area contributed by atoms with E-state index in [1.807, 2.05) is 56.3 Å². The molecule has 1 aliphatic heterocycles. The number of hydrogen-bond donors (Lipinski definition) is 3. The lowest BCUT2D eigenvalue weighted by molar-refractivity contribution is -0.127. The summed E-state index contributed by atoms with van der Waals surface area (Å²) >= 11 is 3.44. The molecule has 0 spiro atoms. The Labute approximate surface area is 192 Å². The zero-order valence-corrected chi connectivity index (χ0v) is 19.3. The Balaban J connectivity index is 1.35. The summed E-state index contributed by atoms with van der Waals surface area (Å²) < 4.78 is 0.926. The molecule has 2 amide bonds. The molecule has 0 aliphatic carbocycles.